The summed E-state index contributed by atoms with van der Waals surface area (Å²) in [6.45, 7) is 1.23. The average molecular weight is 313 g/mol. The minimum atomic E-state index is -0.485. The molecular weight excluding hydrogens is 298 g/mol. The minimum Gasteiger partial charge on any atom is -0.365 e. The van der Waals surface area contributed by atoms with Gasteiger partial charge in [0.15, 0.2) is 0 Å². The van der Waals surface area contributed by atoms with E-state index in [0.29, 0.717) is 24.5 Å². The Hall–Kier alpha value is -3.03. The molecule has 1 amide bonds. The number of amides is 1. The van der Waals surface area contributed by atoms with E-state index in [1.807, 2.05) is 0 Å². The fraction of sp³-hybridized carbons (Fsp3) is 0.267. The first kappa shape index (κ1) is 14.9. The summed E-state index contributed by atoms with van der Waals surface area (Å²) in [6.07, 6.45) is 5.21. The second kappa shape index (κ2) is 6.39. The van der Waals surface area contributed by atoms with Gasteiger partial charge in [0, 0.05) is 43.2 Å². The smallest absolute Gasteiger partial charge is 0.287 e. The lowest BCUT2D eigenvalue weighted by atomic mass is 10.2. The molecule has 1 fully saturated rings. The lowest BCUT2D eigenvalue weighted by Crippen LogP contribution is -2.31. The van der Waals surface area contributed by atoms with Gasteiger partial charge in [-0.25, -0.2) is 4.98 Å². The number of nitro groups is 1. The number of rotatable bonds is 4. The third kappa shape index (κ3) is 3.42. The first-order valence-electron chi connectivity index (χ1n) is 7.20. The molecule has 118 valence electrons. The molecule has 0 aliphatic carbocycles. The zero-order valence-corrected chi connectivity index (χ0v) is 12.3. The van der Waals surface area contributed by atoms with Crippen LogP contribution in [0.2, 0.25) is 0 Å². The minimum absolute atomic E-state index is 0.0200. The summed E-state index contributed by atoms with van der Waals surface area (Å²) in [5, 5.41) is 13.8. The predicted octanol–water partition coefficient (Wildman–Crippen LogP) is 1.71. The van der Waals surface area contributed by atoms with Gasteiger partial charge in [0.25, 0.3) is 11.6 Å². The highest BCUT2D eigenvalue weighted by Crippen LogP contribution is 2.18. The Bertz CT molecular complexity index is 705. The SMILES string of the molecule is O=C(c1ccncc1)N1CC[C@H](Nc2ccc([N+](=O)[O-])cn2)C1. The van der Waals surface area contributed by atoms with E-state index in [2.05, 4.69) is 15.3 Å². The van der Waals surface area contributed by atoms with Crippen molar-refractivity contribution in [1.29, 1.82) is 0 Å². The Morgan fingerprint density at radius 2 is 2.09 bits per heavy atom. The fourth-order valence-corrected chi connectivity index (χ4v) is 2.53. The molecule has 2 aromatic rings. The second-order valence-corrected chi connectivity index (χ2v) is 5.28. The van der Waals surface area contributed by atoms with Crippen molar-refractivity contribution >= 4 is 17.4 Å². The second-order valence-electron chi connectivity index (χ2n) is 5.28. The topological polar surface area (TPSA) is 101 Å². The fourth-order valence-electron chi connectivity index (χ4n) is 2.53. The Balaban J connectivity index is 1.59. The number of anilines is 1. The highest BCUT2D eigenvalue weighted by Gasteiger charge is 2.27. The van der Waals surface area contributed by atoms with Gasteiger partial charge in [-0.3, -0.25) is 19.9 Å². The van der Waals surface area contributed by atoms with E-state index in [1.54, 1.807) is 35.5 Å². The van der Waals surface area contributed by atoms with E-state index in [1.165, 1.54) is 12.3 Å². The van der Waals surface area contributed by atoms with Crippen LogP contribution in [0.3, 0.4) is 0 Å². The Morgan fingerprint density at radius 1 is 1.30 bits per heavy atom. The number of nitrogens with zero attached hydrogens (tertiary/aromatic N) is 4. The van der Waals surface area contributed by atoms with Crippen LogP contribution in [0, 0.1) is 10.1 Å². The molecule has 8 heteroatoms. The van der Waals surface area contributed by atoms with Crippen LogP contribution in [-0.4, -0.2) is 44.8 Å². The quantitative estimate of drug-likeness (QED) is 0.681. The molecule has 1 atom stereocenters. The molecule has 0 radical (unpaired) electrons. The van der Waals surface area contributed by atoms with Gasteiger partial charge in [-0.05, 0) is 24.6 Å². The summed E-state index contributed by atoms with van der Waals surface area (Å²) in [5.41, 5.74) is 0.575. The van der Waals surface area contributed by atoms with Crippen molar-refractivity contribution in [2.45, 2.75) is 12.5 Å². The van der Waals surface area contributed by atoms with E-state index in [0.717, 1.165) is 6.42 Å². The standard InChI is InChI=1S/C15H15N5O3/c21-15(11-3-6-16-7-4-11)19-8-5-12(10-19)18-14-2-1-13(9-17-14)20(22)23/h1-4,6-7,9,12H,5,8,10H2,(H,17,18)/t12-/m0/s1. The summed E-state index contributed by atoms with van der Waals surface area (Å²) in [6, 6.07) is 6.45. The van der Waals surface area contributed by atoms with E-state index in [-0.39, 0.29) is 17.6 Å². The molecule has 1 aliphatic rings. The molecule has 1 aliphatic heterocycles. The highest BCUT2D eigenvalue weighted by atomic mass is 16.6. The van der Waals surface area contributed by atoms with Crippen molar-refractivity contribution in [1.82, 2.24) is 14.9 Å². The number of carbonyl (C=O) groups is 1. The van der Waals surface area contributed by atoms with Crippen molar-refractivity contribution in [2.75, 3.05) is 18.4 Å². The first-order chi connectivity index (χ1) is 11.1. The molecule has 3 heterocycles. The van der Waals surface area contributed by atoms with Crippen LogP contribution in [0.1, 0.15) is 16.8 Å². The summed E-state index contributed by atoms with van der Waals surface area (Å²) < 4.78 is 0. The van der Waals surface area contributed by atoms with E-state index in [9.17, 15) is 14.9 Å². The number of nitrogens with one attached hydrogen (secondary N) is 1. The monoisotopic (exact) mass is 313 g/mol. The molecule has 1 N–H and O–H groups in total. The summed E-state index contributed by atoms with van der Waals surface area (Å²) >= 11 is 0. The van der Waals surface area contributed by atoms with Gasteiger partial charge in [0.05, 0.1) is 4.92 Å². The van der Waals surface area contributed by atoms with Crippen LogP contribution in [0.5, 0.6) is 0 Å². The lowest BCUT2D eigenvalue weighted by Gasteiger charge is -2.17. The molecule has 0 spiro atoms. The Labute approximate surface area is 132 Å². The number of pyridine rings is 2. The van der Waals surface area contributed by atoms with Gasteiger partial charge in [0.1, 0.15) is 12.0 Å². The average Bonchev–Trinajstić information content (AvgIpc) is 3.04. The van der Waals surface area contributed by atoms with Crippen molar-refractivity contribution < 1.29 is 9.72 Å². The van der Waals surface area contributed by atoms with Crippen LogP contribution < -0.4 is 5.32 Å². The molecule has 0 aromatic carbocycles. The predicted molar refractivity (Wildman–Crippen MR) is 83.1 cm³/mol. The molecule has 1 saturated heterocycles. The van der Waals surface area contributed by atoms with Crippen LogP contribution >= 0.6 is 0 Å². The molecule has 0 saturated carbocycles. The molecular formula is C15H15N5O3. The van der Waals surface area contributed by atoms with Gasteiger partial charge in [-0.15, -0.1) is 0 Å². The molecule has 23 heavy (non-hydrogen) atoms. The van der Waals surface area contributed by atoms with Gasteiger partial charge in [-0.2, -0.15) is 0 Å². The maximum atomic E-state index is 12.3. The molecule has 2 aromatic heterocycles. The maximum Gasteiger partial charge on any atom is 0.287 e. The number of hydrogen-bond donors (Lipinski definition) is 1. The van der Waals surface area contributed by atoms with Crippen LogP contribution in [0.4, 0.5) is 11.5 Å². The van der Waals surface area contributed by atoms with Gasteiger partial charge in [0.2, 0.25) is 0 Å². The zero-order chi connectivity index (χ0) is 16.2. The van der Waals surface area contributed by atoms with Crippen LogP contribution in [0.15, 0.2) is 42.9 Å². The number of hydrogen-bond acceptors (Lipinski definition) is 6. The van der Waals surface area contributed by atoms with Crippen LogP contribution in [-0.2, 0) is 0 Å². The van der Waals surface area contributed by atoms with E-state index in [4.69, 9.17) is 0 Å². The number of likely N-dealkylation sites (tertiary alicyclic amines) is 1. The van der Waals surface area contributed by atoms with E-state index < -0.39 is 4.92 Å². The normalized spacial score (nSPS) is 17.0. The highest BCUT2D eigenvalue weighted by molar-refractivity contribution is 5.94. The molecule has 3 rings (SSSR count). The van der Waals surface area contributed by atoms with Crippen molar-refractivity contribution in [2.24, 2.45) is 0 Å². The lowest BCUT2D eigenvalue weighted by molar-refractivity contribution is -0.385. The van der Waals surface area contributed by atoms with Gasteiger partial charge in [-0.1, -0.05) is 0 Å². The van der Waals surface area contributed by atoms with Crippen molar-refractivity contribution in [3.8, 4) is 0 Å². The number of carbonyl (C=O) groups excluding carboxylic acids is 1. The zero-order valence-electron chi connectivity index (χ0n) is 12.3. The Kier molecular flexibility index (Phi) is 4.13. The third-order valence-electron chi connectivity index (χ3n) is 3.71. The summed E-state index contributed by atoms with van der Waals surface area (Å²) in [4.78, 5) is 32.2. The third-order valence-corrected chi connectivity index (χ3v) is 3.71. The van der Waals surface area contributed by atoms with Crippen LogP contribution in [0.25, 0.3) is 0 Å². The first-order valence-corrected chi connectivity index (χ1v) is 7.20. The van der Waals surface area contributed by atoms with Crippen molar-refractivity contribution in [3.63, 3.8) is 0 Å². The van der Waals surface area contributed by atoms with E-state index >= 15 is 0 Å². The largest absolute Gasteiger partial charge is 0.365 e. The molecule has 0 bridgehead atoms. The summed E-state index contributed by atoms with van der Waals surface area (Å²) in [5.74, 6) is 0.548. The molecule has 0 unspecified atom stereocenters. The Morgan fingerprint density at radius 3 is 2.74 bits per heavy atom. The van der Waals surface area contributed by atoms with Crippen molar-refractivity contribution in [3.05, 3.63) is 58.5 Å². The molecule has 8 nitrogen and oxygen atoms in total. The number of aromatic nitrogens is 2. The summed E-state index contributed by atoms with van der Waals surface area (Å²) in [7, 11) is 0. The maximum absolute atomic E-state index is 12.3. The van der Waals surface area contributed by atoms with Gasteiger partial charge < -0.3 is 10.2 Å². The van der Waals surface area contributed by atoms with Gasteiger partial charge >= 0.3 is 0 Å².